The molecule has 2 N–H and O–H groups in total. The van der Waals surface area contributed by atoms with Gasteiger partial charge in [0.25, 0.3) is 5.56 Å². The van der Waals surface area contributed by atoms with E-state index in [4.69, 9.17) is 4.74 Å². The van der Waals surface area contributed by atoms with Crippen molar-refractivity contribution in [1.29, 1.82) is 0 Å². The summed E-state index contributed by atoms with van der Waals surface area (Å²) in [6, 6.07) is 0.462. The highest BCUT2D eigenvalue weighted by Crippen LogP contribution is 2.14. The zero-order valence-electron chi connectivity index (χ0n) is 9.08. The molecule has 5 nitrogen and oxygen atoms in total. The van der Waals surface area contributed by atoms with Crippen LogP contribution in [0.1, 0.15) is 29.9 Å². The molecule has 16 heavy (non-hydrogen) atoms. The van der Waals surface area contributed by atoms with Gasteiger partial charge >= 0.3 is 0 Å². The zero-order chi connectivity index (χ0) is 11.0. The standard InChI is InChI=1S/C11H15N3O2/c15-11-8-5-16-6-9(8)13-10(14-11)4-7-2-1-3-12-7/h7,12H,1-6H2,(H,13,14,15). The summed E-state index contributed by atoms with van der Waals surface area (Å²) in [6.07, 6.45) is 3.18. The first kappa shape index (κ1) is 9.99. The molecule has 0 amide bonds. The second kappa shape index (κ2) is 3.99. The Morgan fingerprint density at radius 2 is 2.38 bits per heavy atom. The van der Waals surface area contributed by atoms with Crippen molar-refractivity contribution in [1.82, 2.24) is 15.3 Å². The van der Waals surface area contributed by atoms with Gasteiger partial charge in [-0.2, -0.15) is 0 Å². The summed E-state index contributed by atoms with van der Waals surface area (Å²) in [4.78, 5) is 19.0. The highest BCUT2D eigenvalue weighted by Gasteiger charge is 2.20. The quantitative estimate of drug-likeness (QED) is 0.743. The molecule has 0 bridgehead atoms. The van der Waals surface area contributed by atoms with E-state index >= 15 is 0 Å². The Kier molecular flexibility index (Phi) is 2.49. The van der Waals surface area contributed by atoms with E-state index in [9.17, 15) is 4.79 Å². The summed E-state index contributed by atoms with van der Waals surface area (Å²) in [5.74, 6) is 0.786. The minimum absolute atomic E-state index is 0.0319. The van der Waals surface area contributed by atoms with Gasteiger partial charge in [0.05, 0.1) is 24.5 Å². The van der Waals surface area contributed by atoms with Crippen molar-refractivity contribution in [2.24, 2.45) is 0 Å². The smallest absolute Gasteiger partial charge is 0.256 e. The minimum atomic E-state index is -0.0319. The van der Waals surface area contributed by atoms with Gasteiger partial charge in [0, 0.05) is 12.5 Å². The number of nitrogens with one attached hydrogen (secondary N) is 2. The molecule has 1 saturated heterocycles. The largest absolute Gasteiger partial charge is 0.370 e. The zero-order valence-corrected chi connectivity index (χ0v) is 9.08. The van der Waals surface area contributed by atoms with Gasteiger partial charge in [-0.25, -0.2) is 4.98 Å². The van der Waals surface area contributed by atoms with Crippen molar-refractivity contribution in [3.8, 4) is 0 Å². The van der Waals surface area contributed by atoms with E-state index in [2.05, 4.69) is 15.3 Å². The lowest BCUT2D eigenvalue weighted by molar-refractivity contribution is 0.133. The number of nitrogens with zero attached hydrogens (tertiary/aromatic N) is 1. The van der Waals surface area contributed by atoms with Gasteiger partial charge in [-0.15, -0.1) is 0 Å². The Morgan fingerprint density at radius 1 is 1.44 bits per heavy atom. The third kappa shape index (κ3) is 1.76. The SMILES string of the molecule is O=c1[nH]c(CC2CCCN2)nc2c1COC2. The van der Waals surface area contributed by atoms with Crippen molar-refractivity contribution < 1.29 is 4.74 Å². The van der Waals surface area contributed by atoms with Gasteiger partial charge in [-0.05, 0) is 19.4 Å². The second-order valence-corrected chi connectivity index (χ2v) is 4.43. The van der Waals surface area contributed by atoms with E-state index in [1.807, 2.05) is 0 Å². The fraction of sp³-hybridized carbons (Fsp3) is 0.636. The Balaban J connectivity index is 1.85. The first-order valence-electron chi connectivity index (χ1n) is 5.75. The topological polar surface area (TPSA) is 67.0 Å². The molecule has 3 rings (SSSR count). The molecule has 1 fully saturated rings. The van der Waals surface area contributed by atoms with Crippen LogP contribution in [0.15, 0.2) is 4.79 Å². The number of fused-ring (bicyclic) bond motifs is 1. The number of hydrogen-bond donors (Lipinski definition) is 2. The fourth-order valence-electron chi connectivity index (χ4n) is 2.37. The van der Waals surface area contributed by atoms with Crippen LogP contribution in [0.25, 0.3) is 0 Å². The number of ether oxygens (including phenoxy) is 1. The summed E-state index contributed by atoms with van der Waals surface area (Å²) in [5, 5.41) is 3.40. The molecule has 1 aromatic rings. The van der Waals surface area contributed by atoms with Crippen molar-refractivity contribution in [2.45, 2.75) is 38.5 Å². The number of rotatable bonds is 2. The summed E-state index contributed by atoms with van der Waals surface area (Å²) in [6.45, 7) is 1.95. The molecule has 1 atom stereocenters. The first-order valence-corrected chi connectivity index (χ1v) is 5.75. The average Bonchev–Trinajstić information content (AvgIpc) is 2.87. The van der Waals surface area contributed by atoms with Crippen LogP contribution in [-0.4, -0.2) is 22.6 Å². The molecule has 0 spiro atoms. The van der Waals surface area contributed by atoms with Gasteiger partial charge in [0.15, 0.2) is 0 Å². The predicted molar refractivity (Wildman–Crippen MR) is 58.1 cm³/mol. The van der Waals surface area contributed by atoms with Crippen molar-refractivity contribution >= 4 is 0 Å². The molecule has 2 aliphatic heterocycles. The maximum atomic E-state index is 11.7. The van der Waals surface area contributed by atoms with Gasteiger partial charge in [0.1, 0.15) is 5.82 Å². The number of aromatic amines is 1. The number of aromatic nitrogens is 2. The third-order valence-corrected chi connectivity index (χ3v) is 3.24. The van der Waals surface area contributed by atoms with Crippen molar-refractivity contribution in [3.63, 3.8) is 0 Å². The molecule has 1 aromatic heterocycles. The third-order valence-electron chi connectivity index (χ3n) is 3.24. The Hall–Kier alpha value is -1.20. The van der Waals surface area contributed by atoms with Crippen LogP contribution in [0.3, 0.4) is 0 Å². The molecule has 0 aromatic carbocycles. The van der Waals surface area contributed by atoms with E-state index in [1.54, 1.807) is 0 Å². The number of hydrogen-bond acceptors (Lipinski definition) is 4. The van der Waals surface area contributed by atoms with Crippen molar-refractivity contribution in [3.05, 3.63) is 27.4 Å². The lowest BCUT2D eigenvalue weighted by atomic mass is 10.1. The average molecular weight is 221 g/mol. The van der Waals surface area contributed by atoms with Crippen LogP contribution < -0.4 is 10.9 Å². The van der Waals surface area contributed by atoms with Crippen LogP contribution in [0.2, 0.25) is 0 Å². The summed E-state index contributed by atoms with van der Waals surface area (Å²) in [5.41, 5.74) is 1.48. The van der Waals surface area contributed by atoms with Gasteiger partial charge < -0.3 is 15.0 Å². The highest BCUT2D eigenvalue weighted by atomic mass is 16.5. The Labute approximate surface area is 93.2 Å². The second-order valence-electron chi connectivity index (χ2n) is 4.43. The maximum Gasteiger partial charge on any atom is 0.256 e. The van der Waals surface area contributed by atoms with Crippen LogP contribution in [-0.2, 0) is 24.4 Å². The van der Waals surface area contributed by atoms with E-state index < -0.39 is 0 Å². The molecule has 1 unspecified atom stereocenters. The van der Waals surface area contributed by atoms with Crippen LogP contribution in [0.4, 0.5) is 0 Å². The lowest BCUT2D eigenvalue weighted by Crippen LogP contribution is -2.27. The molecular formula is C11H15N3O2. The lowest BCUT2D eigenvalue weighted by Gasteiger charge is -2.09. The molecular weight excluding hydrogens is 206 g/mol. The van der Waals surface area contributed by atoms with Crippen LogP contribution in [0, 0.1) is 0 Å². The first-order chi connectivity index (χ1) is 7.83. The van der Waals surface area contributed by atoms with Crippen LogP contribution in [0.5, 0.6) is 0 Å². The molecule has 0 aliphatic carbocycles. The van der Waals surface area contributed by atoms with E-state index in [-0.39, 0.29) is 5.56 Å². The van der Waals surface area contributed by atoms with E-state index in [0.29, 0.717) is 24.8 Å². The molecule has 3 heterocycles. The van der Waals surface area contributed by atoms with Gasteiger partial charge in [-0.3, -0.25) is 4.79 Å². The van der Waals surface area contributed by atoms with Crippen molar-refractivity contribution in [2.75, 3.05) is 6.54 Å². The summed E-state index contributed by atoms with van der Waals surface area (Å²) < 4.78 is 5.22. The molecule has 2 aliphatic rings. The normalized spacial score (nSPS) is 23.6. The van der Waals surface area contributed by atoms with E-state index in [1.165, 1.54) is 6.42 Å². The minimum Gasteiger partial charge on any atom is -0.370 e. The molecule has 0 radical (unpaired) electrons. The van der Waals surface area contributed by atoms with Gasteiger partial charge in [-0.1, -0.05) is 0 Å². The monoisotopic (exact) mass is 221 g/mol. The Bertz CT molecular complexity index is 449. The Morgan fingerprint density at radius 3 is 3.19 bits per heavy atom. The highest BCUT2D eigenvalue weighted by molar-refractivity contribution is 5.19. The fourth-order valence-corrected chi connectivity index (χ4v) is 2.37. The predicted octanol–water partition coefficient (Wildman–Crippen LogP) is 0.0946. The van der Waals surface area contributed by atoms with E-state index in [0.717, 1.165) is 30.9 Å². The maximum absolute atomic E-state index is 11.7. The van der Waals surface area contributed by atoms with Crippen LogP contribution >= 0.6 is 0 Å². The van der Waals surface area contributed by atoms with Gasteiger partial charge in [0.2, 0.25) is 0 Å². The number of H-pyrrole nitrogens is 1. The molecule has 86 valence electrons. The molecule has 0 saturated carbocycles. The summed E-state index contributed by atoms with van der Waals surface area (Å²) >= 11 is 0. The summed E-state index contributed by atoms with van der Waals surface area (Å²) in [7, 11) is 0. The molecule has 5 heteroatoms.